The molecule has 0 saturated heterocycles. The highest BCUT2D eigenvalue weighted by molar-refractivity contribution is 5.77. The number of aliphatic hydroxyl groups is 1. The van der Waals surface area contributed by atoms with Gasteiger partial charge in [0.05, 0.1) is 19.8 Å². The van der Waals surface area contributed by atoms with Gasteiger partial charge in [0.1, 0.15) is 0 Å². The molecule has 21 heavy (non-hydrogen) atoms. The number of benzene rings is 1. The minimum absolute atomic E-state index is 0.0974. The van der Waals surface area contributed by atoms with Crippen molar-refractivity contribution in [3.63, 3.8) is 0 Å². The van der Waals surface area contributed by atoms with E-state index >= 15 is 0 Å². The lowest BCUT2D eigenvalue weighted by atomic mass is 10.2. The predicted octanol–water partition coefficient (Wildman–Crippen LogP) is 0.896. The van der Waals surface area contributed by atoms with E-state index in [9.17, 15) is 9.90 Å². The van der Waals surface area contributed by atoms with Crippen LogP contribution in [0.2, 0.25) is 0 Å². The molecule has 1 amide bonds. The number of carbonyl (C=O) groups is 1. The van der Waals surface area contributed by atoms with E-state index in [4.69, 9.17) is 14.2 Å². The molecule has 0 bridgehead atoms. The minimum atomic E-state index is -0.576. The lowest BCUT2D eigenvalue weighted by molar-refractivity contribution is -0.123. The summed E-state index contributed by atoms with van der Waals surface area (Å²) in [6, 6.07) is 5.50. The van der Waals surface area contributed by atoms with Gasteiger partial charge in [0, 0.05) is 13.7 Å². The zero-order chi connectivity index (χ0) is 15.7. The molecule has 0 heterocycles. The fraction of sp³-hybridized carbons (Fsp3) is 0.533. The number of aliphatic hydroxyl groups excluding tert-OH is 1. The van der Waals surface area contributed by atoms with Gasteiger partial charge in [0.15, 0.2) is 18.1 Å². The molecule has 1 unspecified atom stereocenters. The van der Waals surface area contributed by atoms with Crippen molar-refractivity contribution in [2.75, 3.05) is 34.0 Å². The number of amides is 1. The van der Waals surface area contributed by atoms with Gasteiger partial charge in [-0.1, -0.05) is 6.07 Å². The van der Waals surface area contributed by atoms with E-state index in [1.165, 1.54) is 7.11 Å². The summed E-state index contributed by atoms with van der Waals surface area (Å²) >= 11 is 0. The van der Waals surface area contributed by atoms with E-state index in [1.54, 1.807) is 13.2 Å². The van der Waals surface area contributed by atoms with Crippen LogP contribution >= 0.6 is 0 Å². The summed E-state index contributed by atoms with van der Waals surface area (Å²) < 4.78 is 15.4. The zero-order valence-electron chi connectivity index (χ0n) is 12.7. The number of hydrogen-bond donors (Lipinski definition) is 2. The first-order valence-corrected chi connectivity index (χ1v) is 6.78. The molecule has 6 heteroatoms. The summed E-state index contributed by atoms with van der Waals surface area (Å²) in [4.78, 5) is 11.6. The van der Waals surface area contributed by atoms with E-state index in [1.807, 2.05) is 19.1 Å². The SMILES string of the molecule is COCC(O)CCNC(=O)COc1ccc(C)cc1OC. The van der Waals surface area contributed by atoms with Crippen molar-refractivity contribution in [3.8, 4) is 11.5 Å². The van der Waals surface area contributed by atoms with Gasteiger partial charge in [0.2, 0.25) is 0 Å². The number of methoxy groups -OCH3 is 2. The van der Waals surface area contributed by atoms with Crippen LogP contribution in [-0.2, 0) is 9.53 Å². The van der Waals surface area contributed by atoms with Crippen molar-refractivity contribution in [1.29, 1.82) is 0 Å². The number of rotatable bonds is 9. The first-order chi connectivity index (χ1) is 10.1. The Hall–Kier alpha value is -1.79. The lowest BCUT2D eigenvalue weighted by Gasteiger charge is -2.12. The molecule has 1 rings (SSSR count). The first kappa shape index (κ1) is 17.3. The molecule has 0 aliphatic heterocycles. The molecular formula is C15H23NO5. The molecule has 1 aromatic carbocycles. The maximum atomic E-state index is 11.6. The van der Waals surface area contributed by atoms with E-state index in [-0.39, 0.29) is 19.1 Å². The van der Waals surface area contributed by atoms with Gasteiger partial charge in [-0.3, -0.25) is 4.79 Å². The number of aryl methyl sites for hydroxylation is 1. The summed E-state index contributed by atoms with van der Waals surface area (Å²) in [6.07, 6.45) is -0.138. The molecule has 2 N–H and O–H groups in total. The fourth-order valence-corrected chi connectivity index (χ4v) is 1.74. The minimum Gasteiger partial charge on any atom is -0.493 e. The molecule has 6 nitrogen and oxygen atoms in total. The smallest absolute Gasteiger partial charge is 0.257 e. The maximum absolute atomic E-state index is 11.6. The van der Waals surface area contributed by atoms with Crippen LogP contribution in [0.3, 0.4) is 0 Å². The summed E-state index contributed by atoms with van der Waals surface area (Å²) in [6.45, 7) is 2.48. The molecule has 0 aliphatic carbocycles. The summed E-state index contributed by atoms with van der Waals surface area (Å²) in [5, 5.41) is 12.1. The predicted molar refractivity (Wildman–Crippen MR) is 78.7 cm³/mol. The molecular weight excluding hydrogens is 274 g/mol. The van der Waals surface area contributed by atoms with Gasteiger partial charge < -0.3 is 24.6 Å². The van der Waals surface area contributed by atoms with E-state index in [2.05, 4.69) is 5.32 Å². The number of ether oxygens (including phenoxy) is 3. The molecule has 1 aromatic rings. The van der Waals surface area contributed by atoms with Crippen LogP contribution in [0, 0.1) is 6.92 Å². The Bertz CT molecular complexity index is 450. The second-order valence-corrected chi connectivity index (χ2v) is 4.69. The van der Waals surface area contributed by atoms with E-state index < -0.39 is 6.10 Å². The van der Waals surface area contributed by atoms with Crippen LogP contribution in [0.15, 0.2) is 18.2 Å². The number of carbonyl (C=O) groups excluding carboxylic acids is 1. The Morgan fingerprint density at radius 3 is 2.76 bits per heavy atom. The Kier molecular flexibility index (Phi) is 7.56. The first-order valence-electron chi connectivity index (χ1n) is 6.78. The quantitative estimate of drug-likeness (QED) is 0.708. The summed E-state index contributed by atoms with van der Waals surface area (Å²) in [5.41, 5.74) is 1.05. The molecule has 0 spiro atoms. The highest BCUT2D eigenvalue weighted by Crippen LogP contribution is 2.27. The van der Waals surface area contributed by atoms with Gasteiger partial charge in [-0.15, -0.1) is 0 Å². The fourth-order valence-electron chi connectivity index (χ4n) is 1.74. The molecule has 0 fully saturated rings. The second kappa shape index (κ2) is 9.20. The molecule has 0 aliphatic rings. The van der Waals surface area contributed by atoms with E-state index in [0.717, 1.165) is 5.56 Å². The third-order valence-electron chi connectivity index (χ3n) is 2.84. The van der Waals surface area contributed by atoms with Crippen molar-refractivity contribution in [3.05, 3.63) is 23.8 Å². The molecule has 1 atom stereocenters. The Labute approximate surface area is 125 Å². The highest BCUT2D eigenvalue weighted by Gasteiger charge is 2.08. The van der Waals surface area contributed by atoms with Gasteiger partial charge in [-0.2, -0.15) is 0 Å². The van der Waals surface area contributed by atoms with Gasteiger partial charge in [-0.25, -0.2) is 0 Å². The van der Waals surface area contributed by atoms with Crippen LogP contribution in [-0.4, -0.2) is 51.1 Å². The highest BCUT2D eigenvalue weighted by atomic mass is 16.5. The monoisotopic (exact) mass is 297 g/mol. The van der Waals surface area contributed by atoms with Crippen molar-refractivity contribution < 1.29 is 24.1 Å². The molecule has 0 aromatic heterocycles. The van der Waals surface area contributed by atoms with Crippen molar-refractivity contribution in [2.24, 2.45) is 0 Å². The lowest BCUT2D eigenvalue weighted by Crippen LogP contribution is -2.32. The topological polar surface area (TPSA) is 77.0 Å². The maximum Gasteiger partial charge on any atom is 0.257 e. The summed E-state index contributed by atoms with van der Waals surface area (Å²) in [7, 11) is 3.07. The third kappa shape index (κ3) is 6.46. The number of nitrogens with one attached hydrogen (secondary N) is 1. The molecule has 118 valence electrons. The Morgan fingerprint density at radius 1 is 1.33 bits per heavy atom. The zero-order valence-corrected chi connectivity index (χ0v) is 12.7. The van der Waals surface area contributed by atoms with Crippen LogP contribution in [0.1, 0.15) is 12.0 Å². The van der Waals surface area contributed by atoms with E-state index in [0.29, 0.717) is 24.5 Å². The molecule has 0 radical (unpaired) electrons. The van der Waals surface area contributed by atoms with Crippen LogP contribution < -0.4 is 14.8 Å². The van der Waals surface area contributed by atoms with Gasteiger partial charge >= 0.3 is 0 Å². The Morgan fingerprint density at radius 2 is 2.10 bits per heavy atom. The van der Waals surface area contributed by atoms with Crippen molar-refractivity contribution in [2.45, 2.75) is 19.4 Å². The van der Waals surface area contributed by atoms with Crippen molar-refractivity contribution in [1.82, 2.24) is 5.32 Å². The second-order valence-electron chi connectivity index (χ2n) is 4.69. The van der Waals surface area contributed by atoms with Crippen LogP contribution in [0.4, 0.5) is 0 Å². The average molecular weight is 297 g/mol. The summed E-state index contributed by atoms with van der Waals surface area (Å²) in [5.74, 6) is 0.873. The van der Waals surface area contributed by atoms with Gasteiger partial charge in [-0.05, 0) is 31.0 Å². The normalized spacial score (nSPS) is 11.8. The van der Waals surface area contributed by atoms with Crippen molar-refractivity contribution >= 4 is 5.91 Å². The molecule has 0 saturated carbocycles. The standard InChI is InChI=1S/C15H23NO5/c1-11-4-5-13(14(8-11)20-3)21-10-15(18)16-7-6-12(17)9-19-2/h4-5,8,12,17H,6-7,9-10H2,1-3H3,(H,16,18). The van der Waals surface area contributed by atoms with Gasteiger partial charge in [0.25, 0.3) is 5.91 Å². The average Bonchev–Trinajstić information content (AvgIpc) is 2.46. The third-order valence-corrected chi connectivity index (χ3v) is 2.84. The largest absolute Gasteiger partial charge is 0.493 e. The number of hydrogen-bond acceptors (Lipinski definition) is 5. The Balaban J connectivity index is 2.33. The van der Waals surface area contributed by atoms with Crippen LogP contribution in [0.25, 0.3) is 0 Å². The van der Waals surface area contributed by atoms with Crippen LogP contribution in [0.5, 0.6) is 11.5 Å².